The van der Waals surface area contributed by atoms with Gasteiger partial charge in [-0.15, -0.1) is 0 Å². The topological polar surface area (TPSA) is 58.1 Å². The number of aromatic nitrogens is 2. The van der Waals surface area contributed by atoms with Gasteiger partial charge in [-0.05, 0) is 24.2 Å². The van der Waals surface area contributed by atoms with Crippen LogP contribution in [0.5, 0.6) is 0 Å². The summed E-state index contributed by atoms with van der Waals surface area (Å²) in [6.45, 7) is 1.77. The summed E-state index contributed by atoms with van der Waals surface area (Å²) in [6, 6.07) is 5.98. The van der Waals surface area contributed by atoms with Crippen LogP contribution in [-0.2, 0) is 13.1 Å². The van der Waals surface area contributed by atoms with Gasteiger partial charge in [-0.25, -0.2) is 4.98 Å². The number of rotatable bonds is 2. The molecule has 2 heterocycles. The summed E-state index contributed by atoms with van der Waals surface area (Å²) >= 11 is 0. The van der Waals surface area contributed by atoms with Gasteiger partial charge < -0.3 is 5.32 Å². The Morgan fingerprint density at radius 2 is 2.21 bits per heavy atom. The summed E-state index contributed by atoms with van der Waals surface area (Å²) in [7, 11) is 2.06. The molecule has 3 rings (SSSR count). The minimum Gasteiger partial charge on any atom is -0.320 e. The number of carbonyl (C=O) groups excluding carboxylic acids is 1. The fraction of sp³-hybridized carbons (Fsp3) is 0.214. The van der Waals surface area contributed by atoms with Gasteiger partial charge in [0.25, 0.3) is 5.91 Å². The van der Waals surface area contributed by atoms with E-state index in [2.05, 4.69) is 33.3 Å². The number of anilines is 1. The molecule has 1 aliphatic rings. The highest BCUT2D eigenvalue weighted by Gasteiger charge is 2.19. The van der Waals surface area contributed by atoms with E-state index in [1.165, 1.54) is 23.5 Å². The average Bonchev–Trinajstić information content (AvgIpc) is 2.81. The third-order valence-electron chi connectivity index (χ3n) is 3.19. The maximum Gasteiger partial charge on any atom is 0.275 e. The van der Waals surface area contributed by atoms with Crippen LogP contribution in [0.2, 0.25) is 0 Å². The molecule has 5 nitrogen and oxygen atoms in total. The van der Waals surface area contributed by atoms with Gasteiger partial charge in [0.1, 0.15) is 5.69 Å². The third kappa shape index (κ3) is 2.32. The lowest BCUT2D eigenvalue weighted by Gasteiger charge is -2.09. The van der Waals surface area contributed by atoms with Crippen molar-refractivity contribution in [3.05, 3.63) is 53.6 Å². The molecule has 5 heteroatoms. The zero-order chi connectivity index (χ0) is 13.2. The Kier molecular flexibility index (Phi) is 2.97. The predicted octanol–water partition coefficient (Wildman–Crippen LogP) is 1.67. The van der Waals surface area contributed by atoms with Crippen molar-refractivity contribution in [1.29, 1.82) is 0 Å². The molecule has 1 aromatic heterocycles. The van der Waals surface area contributed by atoms with Crippen LogP contribution >= 0.6 is 0 Å². The molecule has 1 N–H and O–H groups in total. The van der Waals surface area contributed by atoms with E-state index in [-0.39, 0.29) is 5.91 Å². The van der Waals surface area contributed by atoms with Crippen LogP contribution in [0.4, 0.5) is 5.69 Å². The van der Waals surface area contributed by atoms with Crippen molar-refractivity contribution in [3.8, 4) is 0 Å². The maximum atomic E-state index is 12.1. The molecule has 0 bridgehead atoms. The Bertz CT molecular complexity index is 612. The lowest BCUT2D eigenvalue weighted by molar-refractivity contribution is 0.102. The van der Waals surface area contributed by atoms with Gasteiger partial charge in [0.05, 0.1) is 6.20 Å². The summed E-state index contributed by atoms with van der Waals surface area (Å²) in [5.41, 5.74) is 3.63. The number of fused-ring (bicyclic) bond motifs is 1. The van der Waals surface area contributed by atoms with Crippen LogP contribution in [0, 0.1) is 0 Å². The second-order valence-electron chi connectivity index (χ2n) is 4.66. The SMILES string of the molecule is CN1Cc2cccc(NC(=O)c3cnccn3)c2C1. The summed E-state index contributed by atoms with van der Waals surface area (Å²) in [6.07, 6.45) is 4.52. The number of nitrogens with one attached hydrogen (secondary N) is 1. The Hall–Kier alpha value is -2.27. The minimum atomic E-state index is -0.226. The van der Waals surface area contributed by atoms with E-state index in [0.717, 1.165) is 18.8 Å². The van der Waals surface area contributed by atoms with Gasteiger partial charge in [0.15, 0.2) is 0 Å². The Balaban J connectivity index is 1.86. The first-order chi connectivity index (χ1) is 9.24. The lowest BCUT2D eigenvalue weighted by atomic mass is 10.1. The molecule has 0 atom stereocenters. The number of nitrogens with zero attached hydrogens (tertiary/aromatic N) is 3. The molecule has 0 aliphatic carbocycles. The molecule has 1 amide bonds. The van der Waals surface area contributed by atoms with Crippen molar-refractivity contribution in [2.75, 3.05) is 12.4 Å². The molecule has 96 valence electrons. The largest absolute Gasteiger partial charge is 0.320 e. The van der Waals surface area contributed by atoms with Gasteiger partial charge in [-0.3, -0.25) is 14.7 Å². The number of carbonyl (C=O) groups is 1. The van der Waals surface area contributed by atoms with Crippen LogP contribution in [0.25, 0.3) is 0 Å². The van der Waals surface area contributed by atoms with E-state index >= 15 is 0 Å². The number of amides is 1. The van der Waals surface area contributed by atoms with Crippen molar-refractivity contribution in [2.24, 2.45) is 0 Å². The Morgan fingerprint density at radius 3 is 3.00 bits per heavy atom. The van der Waals surface area contributed by atoms with Gasteiger partial charge >= 0.3 is 0 Å². The van der Waals surface area contributed by atoms with E-state index in [4.69, 9.17) is 0 Å². The molecular weight excluding hydrogens is 240 g/mol. The first-order valence-electron chi connectivity index (χ1n) is 6.11. The van der Waals surface area contributed by atoms with Crippen LogP contribution in [0.15, 0.2) is 36.8 Å². The van der Waals surface area contributed by atoms with E-state index in [0.29, 0.717) is 5.69 Å². The van der Waals surface area contributed by atoms with Crippen molar-refractivity contribution < 1.29 is 4.79 Å². The highest BCUT2D eigenvalue weighted by molar-refractivity contribution is 6.03. The number of hydrogen-bond acceptors (Lipinski definition) is 4. The molecule has 0 saturated heterocycles. The van der Waals surface area contributed by atoms with Gasteiger partial charge in [-0.1, -0.05) is 12.1 Å². The van der Waals surface area contributed by atoms with Crippen LogP contribution in [-0.4, -0.2) is 27.8 Å². The number of hydrogen-bond donors (Lipinski definition) is 1. The van der Waals surface area contributed by atoms with Crippen molar-refractivity contribution in [2.45, 2.75) is 13.1 Å². The highest BCUT2D eigenvalue weighted by atomic mass is 16.1. The third-order valence-corrected chi connectivity index (χ3v) is 3.19. The molecule has 0 unspecified atom stereocenters. The normalized spacial score (nSPS) is 14.2. The van der Waals surface area contributed by atoms with E-state index in [1.54, 1.807) is 6.20 Å². The average molecular weight is 254 g/mol. The van der Waals surface area contributed by atoms with Crippen LogP contribution in [0.1, 0.15) is 21.6 Å². The summed E-state index contributed by atoms with van der Waals surface area (Å²) < 4.78 is 0. The van der Waals surface area contributed by atoms with E-state index < -0.39 is 0 Å². The van der Waals surface area contributed by atoms with Gasteiger partial charge in [0, 0.05) is 31.2 Å². The molecule has 19 heavy (non-hydrogen) atoms. The Labute approximate surface area is 111 Å². The minimum absolute atomic E-state index is 0.226. The fourth-order valence-electron chi connectivity index (χ4n) is 2.31. The smallest absolute Gasteiger partial charge is 0.275 e. The highest BCUT2D eigenvalue weighted by Crippen LogP contribution is 2.28. The summed E-state index contributed by atoms with van der Waals surface area (Å²) in [5, 5.41) is 2.91. The van der Waals surface area contributed by atoms with Crippen LogP contribution in [0.3, 0.4) is 0 Å². The van der Waals surface area contributed by atoms with Crippen molar-refractivity contribution >= 4 is 11.6 Å². The van der Waals surface area contributed by atoms with Crippen molar-refractivity contribution in [1.82, 2.24) is 14.9 Å². The zero-order valence-electron chi connectivity index (χ0n) is 10.6. The van der Waals surface area contributed by atoms with E-state index in [1.807, 2.05) is 12.1 Å². The van der Waals surface area contributed by atoms with Crippen molar-refractivity contribution in [3.63, 3.8) is 0 Å². The second kappa shape index (κ2) is 4.78. The standard InChI is InChI=1S/C14H14N4O/c1-18-8-10-3-2-4-12(11(10)9-18)17-14(19)13-7-15-5-6-16-13/h2-7H,8-9H2,1H3,(H,17,19). The molecule has 1 aromatic carbocycles. The number of benzene rings is 1. The first-order valence-corrected chi connectivity index (χ1v) is 6.11. The van der Waals surface area contributed by atoms with Crippen LogP contribution < -0.4 is 5.32 Å². The second-order valence-corrected chi connectivity index (χ2v) is 4.66. The molecule has 0 fully saturated rings. The predicted molar refractivity (Wildman–Crippen MR) is 71.6 cm³/mol. The quantitative estimate of drug-likeness (QED) is 0.885. The molecule has 0 radical (unpaired) electrons. The molecule has 0 spiro atoms. The first kappa shape index (κ1) is 11.8. The Morgan fingerprint density at radius 1 is 1.32 bits per heavy atom. The molecule has 0 saturated carbocycles. The molecule has 2 aromatic rings. The van der Waals surface area contributed by atoms with Gasteiger partial charge in [-0.2, -0.15) is 0 Å². The van der Waals surface area contributed by atoms with Gasteiger partial charge in [0.2, 0.25) is 0 Å². The fourth-order valence-corrected chi connectivity index (χ4v) is 2.31. The maximum absolute atomic E-state index is 12.1. The molecular formula is C14H14N4O. The van der Waals surface area contributed by atoms with E-state index in [9.17, 15) is 4.79 Å². The summed E-state index contributed by atoms with van der Waals surface area (Å²) in [4.78, 5) is 22.2. The summed E-state index contributed by atoms with van der Waals surface area (Å²) in [5.74, 6) is -0.226. The molecule has 1 aliphatic heterocycles. The monoisotopic (exact) mass is 254 g/mol. The lowest BCUT2D eigenvalue weighted by Crippen LogP contribution is -2.15. The zero-order valence-corrected chi connectivity index (χ0v) is 10.6.